The number of unbranched alkanes of at least 4 members (excludes halogenated alkanes) is 1. The average Bonchev–Trinajstić information content (AvgIpc) is 2.89. The fourth-order valence-electron chi connectivity index (χ4n) is 4.72. The molecule has 1 aliphatic rings. The molecule has 0 fully saturated rings. The quantitative estimate of drug-likeness (QED) is 0.273. The van der Waals surface area contributed by atoms with Crippen LogP contribution < -0.4 is 10.6 Å². The molecule has 2 heterocycles. The van der Waals surface area contributed by atoms with E-state index in [1.165, 1.54) is 31.7 Å². The predicted molar refractivity (Wildman–Crippen MR) is 147 cm³/mol. The number of aryl methyl sites for hydroxylation is 2. The van der Waals surface area contributed by atoms with Crippen LogP contribution in [0, 0.1) is 5.82 Å². The number of carboxylic acids is 1. The van der Waals surface area contributed by atoms with Crippen LogP contribution in [-0.2, 0) is 22.4 Å². The number of methoxy groups -OCH3 is 1. The fourth-order valence-corrected chi connectivity index (χ4v) is 4.93. The molecular weight excluding hydrogens is 530 g/mol. The van der Waals surface area contributed by atoms with E-state index >= 15 is 4.39 Å². The van der Waals surface area contributed by atoms with Gasteiger partial charge in [-0.25, -0.2) is 18.6 Å². The van der Waals surface area contributed by atoms with Crippen molar-refractivity contribution in [2.45, 2.75) is 57.2 Å². The number of pyridine rings is 1. The van der Waals surface area contributed by atoms with E-state index in [-0.39, 0.29) is 36.7 Å². The van der Waals surface area contributed by atoms with E-state index in [1.54, 1.807) is 0 Å². The lowest BCUT2D eigenvalue weighted by molar-refractivity contribution is -0.139. The molecule has 8 nitrogen and oxygen atoms in total. The minimum atomic E-state index is -1.64. The molecule has 3 rings (SSSR count). The van der Waals surface area contributed by atoms with E-state index in [0.29, 0.717) is 6.54 Å². The van der Waals surface area contributed by atoms with E-state index < -0.39 is 29.4 Å². The number of anilines is 1. The number of nitrogens with zero attached hydrogens (tertiary/aromatic N) is 2. The summed E-state index contributed by atoms with van der Waals surface area (Å²) in [5.41, 5.74) is 0.435. The van der Waals surface area contributed by atoms with Crippen molar-refractivity contribution in [2.24, 2.45) is 0 Å². The van der Waals surface area contributed by atoms with Gasteiger partial charge in [-0.1, -0.05) is 23.7 Å². The third-order valence-electron chi connectivity index (χ3n) is 6.64. The van der Waals surface area contributed by atoms with Crippen LogP contribution in [0.3, 0.4) is 0 Å². The molecule has 1 aliphatic heterocycles. The highest BCUT2D eigenvalue weighted by atomic mass is 35.5. The predicted octanol–water partition coefficient (Wildman–Crippen LogP) is 4.50. The maximum atomic E-state index is 15.1. The Morgan fingerprint density at radius 2 is 2.08 bits per heavy atom. The van der Waals surface area contributed by atoms with Crippen molar-refractivity contribution in [2.75, 3.05) is 45.2 Å². The lowest BCUT2D eigenvalue weighted by Crippen LogP contribution is -2.46. The minimum absolute atomic E-state index is 0.0229. The van der Waals surface area contributed by atoms with Crippen LogP contribution in [0.5, 0.6) is 0 Å². The Hall–Kier alpha value is -2.82. The van der Waals surface area contributed by atoms with Crippen molar-refractivity contribution in [1.29, 1.82) is 0 Å². The molecule has 0 spiro atoms. The molecule has 0 aliphatic carbocycles. The Morgan fingerprint density at radius 1 is 1.28 bits per heavy atom. The minimum Gasteiger partial charge on any atom is -0.480 e. The number of nitrogens with one attached hydrogen (secondary N) is 2. The van der Waals surface area contributed by atoms with Gasteiger partial charge >= 0.3 is 5.97 Å². The van der Waals surface area contributed by atoms with Gasteiger partial charge in [-0.3, -0.25) is 9.69 Å². The molecule has 3 N–H and O–H groups in total. The van der Waals surface area contributed by atoms with E-state index in [2.05, 4.69) is 16.7 Å². The van der Waals surface area contributed by atoms with Gasteiger partial charge in [-0.2, -0.15) is 0 Å². The number of hydrogen-bond acceptors (Lipinski definition) is 6. The van der Waals surface area contributed by atoms with E-state index in [0.717, 1.165) is 56.2 Å². The zero-order valence-electron chi connectivity index (χ0n) is 22.4. The van der Waals surface area contributed by atoms with Crippen LogP contribution in [-0.4, -0.2) is 78.5 Å². The molecule has 214 valence electrons. The molecule has 0 saturated heterocycles. The van der Waals surface area contributed by atoms with Gasteiger partial charge in [0, 0.05) is 32.4 Å². The normalized spacial score (nSPS) is 15.2. The molecule has 1 aromatic heterocycles. The number of carboxylic acid groups (broad SMARTS) is 1. The highest BCUT2D eigenvalue weighted by molar-refractivity contribution is 6.34. The molecule has 0 bridgehead atoms. The molecule has 2 aromatic rings. The van der Waals surface area contributed by atoms with Gasteiger partial charge in [0.05, 0.1) is 17.2 Å². The molecule has 2 atom stereocenters. The lowest BCUT2D eigenvalue weighted by atomic mass is 10.1. The van der Waals surface area contributed by atoms with Crippen molar-refractivity contribution in [1.82, 2.24) is 15.2 Å². The number of aromatic nitrogens is 1. The van der Waals surface area contributed by atoms with Crippen LogP contribution >= 0.6 is 11.6 Å². The Morgan fingerprint density at radius 3 is 2.82 bits per heavy atom. The monoisotopic (exact) mass is 566 g/mol. The summed E-state index contributed by atoms with van der Waals surface area (Å²) in [6, 6.07) is 6.65. The number of hydrogen-bond donors (Lipinski definition) is 3. The van der Waals surface area contributed by atoms with E-state index in [9.17, 15) is 19.1 Å². The van der Waals surface area contributed by atoms with Crippen molar-refractivity contribution < 1.29 is 28.2 Å². The standard InChI is InChI=1S/C28H37ClF2N4O4/c1-28(31,18-39-2)17-35(15-4-3-8-20-12-11-19-7-6-14-32-25(19)33-20)16-13-23(27(37)38)34-26(36)21-9-5-10-22(30)24(21)29/h5,9-12,23H,3-4,6-8,13-18H2,1-2H3,(H,32,33)(H,34,36)(H,37,38). The molecule has 39 heavy (non-hydrogen) atoms. The zero-order valence-corrected chi connectivity index (χ0v) is 23.2. The first kappa shape index (κ1) is 30.7. The molecule has 1 aromatic carbocycles. The first-order valence-corrected chi connectivity index (χ1v) is 13.6. The Kier molecular flexibility index (Phi) is 11.4. The van der Waals surface area contributed by atoms with Gasteiger partial charge in [0.15, 0.2) is 0 Å². The smallest absolute Gasteiger partial charge is 0.326 e. The summed E-state index contributed by atoms with van der Waals surface area (Å²) in [5.74, 6) is -1.86. The van der Waals surface area contributed by atoms with Crippen LogP contribution in [0.15, 0.2) is 30.3 Å². The van der Waals surface area contributed by atoms with Crippen LogP contribution in [0.25, 0.3) is 0 Å². The van der Waals surface area contributed by atoms with Crippen molar-refractivity contribution in [3.8, 4) is 0 Å². The maximum absolute atomic E-state index is 15.1. The Balaban J connectivity index is 1.58. The Labute approximate surface area is 233 Å². The highest BCUT2D eigenvalue weighted by Gasteiger charge is 2.28. The van der Waals surface area contributed by atoms with Crippen LogP contribution in [0.1, 0.15) is 54.2 Å². The second-order valence-electron chi connectivity index (χ2n) is 10.2. The van der Waals surface area contributed by atoms with Crippen molar-refractivity contribution in [3.05, 3.63) is 58.0 Å². The molecule has 2 unspecified atom stereocenters. The van der Waals surface area contributed by atoms with Gasteiger partial charge in [-0.15, -0.1) is 0 Å². The Bertz CT molecular complexity index is 1130. The number of aliphatic carboxylic acids is 1. The summed E-state index contributed by atoms with van der Waals surface area (Å²) in [7, 11) is 1.43. The zero-order chi connectivity index (χ0) is 28.4. The van der Waals surface area contributed by atoms with Gasteiger partial charge < -0.3 is 20.5 Å². The fraction of sp³-hybridized carbons (Fsp3) is 0.536. The molecule has 0 radical (unpaired) electrons. The number of benzene rings is 1. The average molecular weight is 567 g/mol. The number of amides is 1. The number of carbonyl (C=O) groups excluding carboxylic acids is 1. The second-order valence-corrected chi connectivity index (χ2v) is 10.6. The van der Waals surface area contributed by atoms with Crippen LogP contribution in [0.2, 0.25) is 5.02 Å². The topological polar surface area (TPSA) is 104 Å². The molecular formula is C28H37ClF2N4O4. The highest BCUT2D eigenvalue weighted by Crippen LogP contribution is 2.22. The number of rotatable bonds is 15. The number of carbonyl (C=O) groups is 2. The van der Waals surface area contributed by atoms with Gasteiger partial charge in [0.2, 0.25) is 0 Å². The number of alkyl halides is 1. The largest absolute Gasteiger partial charge is 0.480 e. The lowest BCUT2D eigenvalue weighted by Gasteiger charge is -2.30. The summed E-state index contributed by atoms with van der Waals surface area (Å²) in [5, 5.41) is 15.1. The van der Waals surface area contributed by atoms with Crippen molar-refractivity contribution in [3.63, 3.8) is 0 Å². The van der Waals surface area contributed by atoms with Crippen molar-refractivity contribution >= 4 is 29.3 Å². The first-order valence-electron chi connectivity index (χ1n) is 13.2. The SMILES string of the molecule is COCC(C)(F)CN(CCCCc1ccc2c(n1)NCCC2)CCC(NC(=O)c1cccc(F)c1Cl)C(=O)O. The summed E-state index contributed by atoms with van der Waals surface area (Å²) in [4.78, 5) is 31.1. The third-order valence-corrected chi connectivity index (χ3v) is 7.03. The van der Waals surface area contributed by atoms with Gasteiger partial charge in [0.25, 0.3) is 5.91 Å². The summed E-state index contributed by atoms with van der Waals surface area (Å²) < 4.78 is 33.8. The summed E-state index contributed by atoms with van der Waals surface area (Å²) in [6.07, 6.45) is 4.50. The van der Waals surface area contributed by atoms with Gasteiger partial charge in [-0.05, 0) is 75.8 Å². The third kappa shape index (κ3) is 9.40. The van der Waals surface area contributed by atoms with Gasteiger partial charge in [0.1, 0.15) is 23.3 Å². The number of ether oxygens (including phenoxy) is 1. The maximum Gasteiger partial charge on any atom is 0.326 e. The van der Waals surface area contributed by atoms with Crippen LogP contribution in [0.4, 0.5) is 14.6 Å². The second kappa shape index (κ2) is 14.5. The van der Waals surface area contributed by atoms with E-state index in [1.807, 2.05) is 11.0 Å². The number of halogens is 3. The summed E-state index contributed by atoms with van der Waals surface area (Å²) in [6.45, 7) is 3.05. The molecule has 11 heteroatoms. The summed E-state index contributed by atoms with van der Waals surface area (Å²) >= 11 is 5.88. The first-order chi connectivity index (χ1) is 18.6. The number of fused-ring (bicyclic) bond motifs is 1. The molecule has 0 saturated carbocycles. The van der Waals surface area contributed by atoms with E-state index in [4.69, 9.17) is 21.3 Å². The molecule has 1 amide bonds.